The molecule has 0 radical (unpaired) electrons. The van der Waals surface area contributed by atoms with Gasteiger partial charge in [-0.3, -0.25) is 0 Å². The first-order chi connectivity index (χ1) is 8.37. The average molecular weight is 261 g/mol. The van der Waals surface area contributed by atoms with Crippen molar-refractivity contribution in [2.45, 2.75) is 24.4 Å². The van der Waals surface area contributed by atoms with Crippen molar-refractivity contribution in [1.29, 1.82) is 0 Å². The Morgan fingerprint density at radius 3 is 2.78 bits per heavy atom. The van der Waals surface area contributed by atoms with Crippen LogP contribution in [0.4, 0.5) is 8.78 Å². The molecule has 6 nitrogen and oxygen atoms in total. The highest BCUT2D eigenvalue weighted by atomic mass is 19.3. The van der Waals surface area contributed by atoms with E-state index in [9.17, 15) is 13.9 Å². The van der Waals surface area contributed by atoms with Gasteiger partial charge < -0.3 is 25.6 Å². The van der Waals surface area contributed by atoms with Crippen molar-refractivity contribution in [3.8, 4) is 0 Å². The molecule has 2 aliphatic heterocycles. The summed E-state index contributed by atoms with van der Waals surface area (Å²) in [7, 11) is 0. The summed E-state index contributed by atoms with van der Waals surface area (Å²) in [6, 6.07) is 0. The fraction of sp³-hybridized carbons (Fsp3) is 0.500. The molecule has 2 rings (SSSR count). The van der Waals surface area contributed by atoms with E-state index in [1.807, 2.05) is 0 Å². The van der Waals surface area contributed by atoms with Crippen molar-refractivity contribution < 1.29 is 23.7 Å². The standard InChI is InChI=1S/C10H13F2N3O3/c1-5-14-7(13)2-3-15(5)9-10(11,12)8(17)6(4-16)18-9/h2-3,6,8-9,16-17H,1,4H2,(H2,13,14)/t6-,8?,9-/m1/s1. The van der Waals surface area contributed by atoms with E-state index in [1.165, 1.54) is 12.3 Å². The Morgan fingerprint density at radius 2 is 2.28 bits per heavy atom. The summed E-state index contributed by atoms with van der Waals surface area (Å²) in [5, 5.41) is 18.2. The average Bonchev–Trinajstić information content (AvgIpc) is 2.52. The Bertz CT molecular complexity index is 425. The van der Waals surface area contributed by atoms with Crippen LogP contribution in [0, 0.1) is 0 Å². The summed E-state index contributed by atoms with van der Waals surface area (Å²) < 4.78 is 32.6. The Kier molecular flexibility index (Phi) is 3.09. The van der Waals surface area contributed by atoms with Crippen LogP contribution in [-0.2, 0) is 4.74 Å². The normalized spacial score (nSPS) is 34.9. The second-order valence-corrected chi connectivity index (χ2v) is 4.00. The zero-order valence-electron chi connectivity index (χ0n) is 9.33. The first-order valence-corrected chi connectivity index (χ1v) is 5.19. The van der Waals surface area contributed by atoms with E-state index in [2.05, 4.69) is 11.6 Å². The van der Waals surface area contributed by atoms with E-state index < -0.39 is 31.0 Å². The largest absolute Gasteiger partial charge is 0.394 e. The number of ether oxygens (including phenoxy) is 1. The maximum absolute atomic E-state index is 13.8. The van der Waals surface area contributed by atoms with E-state index in [1.54, 1.807) is 0 Å². The number of hydrogen-bond donors (Lipinski definition) is 3. The molecule has 0 bridgehead atoms. The highest BCUT2D eigenvalue weighted by Crippen LogP contribution is 2.39. The number of hydrogen-bond acceptors (Lipinski definition) is 6. The Balaban J connectivity index is 2.25. The van der Waals surface area contributed by atoms with Gasteiger partial charge >= 0.3 is 5.92 Å². The number of aliphatic hydroxyl groups is 2. The van der Waals surface area contributed by atoms with Crippen LogP contribution in [0.15, 0.2) is 29.7 Å². The molecule has 0 aromatic carbocycles. The minimum atomic E-state index is -3.55. The number of halogens is 2. The molecule has 2 aliphatic rings. The van der Waals surface area contributed by atoms with Gasteiger partial charge in [-0.15, -0.1) is 0 Å². The summed E-state index contributed by atoms with van der Waals surface area (Å²) in [6.07, 6.45) is -2.65. The molecule has 1 unspecified atom stereocenters. The van der Waals surface area contributed by atoms with Crippen molar-refractivity contribution >= 4 is 5.84 Å². The molecular weight excluding hydrogens is 248 g/mol. The zero-order valence-corrected chi connectivity index (χ0v) is 9.33. The van der Waals surface area contributed by atoms with E-state index in [0.29, 0.717) is 0 Å². The van der Waals surface area contributed by atoms with Gasteiger partial charge in [-0.1, -0.05) is 6.58 Å². The Morgan fingerprint density at radius 1 is 1.61 bits per heavy atom. The zero-order chi connectivity index (χ0) is 13.5. The van der Waals surface area contributed by atoms with Gasteiger partial charge in [-0.05, 0) is 6.08 Å². The topological polar surface area (TPSA) is 91.3 Å². The minimum Gasteiger partial charge on any atom is -0.394 e. The van der Waals surface area contributed by atoms with Gasteiger partial charge in [0.15, 0.2) is 6.10 Å². The molecule has 8 heteroatoms. The SMILES string of the molecule is C=C1N=C(N)C=CN1[C@@H]1O[C@H](CO)C(O)C1(F)F. The van der Waals surface area contributed by atoms with Crippen LogP contribution in [-0.4, -0.2) is 51.9 Å². The molecule has 3 atom stereocenters. The fourth-order valence-electron chi connectivity index (χ4n) is 1.82. The number of amidine groups is 1. The molecule has 0 aliphatic carbocycles. The summed E-state index contributed by atoms with van der Waals surface area (Å²) >= 11 is 0. The monoisotopic (exact) mass is 261 g/mol. The third-order valence-electron chi connectivity index (χ3n) is 2.77. The van der Waals surface area contributed by atoms with E-state index in [0.717, 1.165) is 4.90 Å². The second kappa shape index (κ2) is 4.30. The molecule has 0 amide bonds. The molecular formula is C10H13F2N3O3. The molecule has 1 fully saturated rings. The van der Waals surface area contributed by atoms with Gasteiger partial charge in [-0.25, -0.2) is 4.99 Å². The predicted molar refractivity (Wildman–Crippen MR) is 58.4 cm³/mol. The molecule has 0 aromatic heterocycles. The van der Waals surface area contributed by atoms with Gasteiger partial charge in [0.25, 0.3) is 0 Å². The number of aliphatic imine (C=N–C) groups is 1. The van der Waals surface area contributed by atoms with E-state index in [-0.39, 0.29) is 11.7 Å². The van der Waals surface area contributed by atoms with Crippen LogP contribution in [0.1, 0.15) is 0 Å². The van der Waals surface area contributed by atoms with Crippen LogP contribution in [0.25, 0.3) is 0 Å². The summed E-state index contributed by atoms with van der Waals surface area (Å²) in [4.78, 5) is 4.70. The number of aliphatic hydroxyl groups excluding tert-OH is 2. The molecule has 0 spiro atoms. The molecule has 0 aromatic rings. The highest BCUT2D eigenvalue weighted by molar-refractivity contribution is 5.92. The molecule has 18 heavy (non-hydrogen) atoms. The number of nitrogens with zero attached hydrogens (tertiary/aromatic N) is 2. The van der Waals surface area contributed by atoms with Crippen molar-refractivity contribution in [2.24, 2.45) is 10.7 Å². The Hall–Kier alpha value is -1.51. The van der Waals surface area contributed by atoms with E-state index >= 15 is 0 Å². The van der Waals surface area contributed by atoms with Crippen LogP contribution in [0.2, 0.25) is 0 Å². The quantitative estimate of drug-likeness (QED) is 0.615. The first kappa shape index (κ1) is 12.9. The lowest BCUT2D eigenvalue weighted by atomic mass is 10.1. The third-order valence-corrected chi connectivity index (χ3v) is 2.77. The summed E-state index contributed by atoms with van der Waals surface area (Å²) in [5.74, 6) is -3.44. The van der Waals surface area contributed by atoms with Gasteiger partial charge in [-0.2, -0.15) is 8.78 Å². The smallest absolute Gasteiger partial charge is 0.320 e. The van der Waals surface area contributed by atoms with Crippen molar-refractivity contribution in [2.75, 3.05) is 6.61 Å². The minimum absolute atomic E-state index is 0.0227. The number of rotatable bonds is 2. The second-order valence-electron chi connectivity index (χ2n) is 4.00. The summed E-state index contributed by atoms with van der Waals surface area (Å²) in [5.41, 5.74) is 5.39. The third kappa shape index (κ3) is 1.88. The van der Waals surface area contributed by atoms with Crippen LogP contribution in [0.3, 0.4) is 0 Å². The fourth-order valence-corrected chi connectivity index (χ4v) is 1.82. The number of nitrogens with two attached hydrogens (primary N) is 1. The van der Waals surface area contributed by atoms with Crippen LogP contribution in [0.5, 0.6) is 0 Å². The summed E-state index contributed by atoms with van der Waals surface area (Å²) in [6.45, 7) is 2.78. The van der Waals surface area contributed by atoms with E-state index in [4.69, 9.17) is 15.6 Å². The van der Waals surface area contributed by atoms with Gasteiger partial charge in [0, 0.05) is 6.20 Å². The highest BCUT2D eigenvalue weighted by Gasteiger charge is 2.60. The molecule has 1 saturated heterocycles. The lowest BCUT2D eigenvalue weighted by molar-refractivity contribution is -0.148. The maximum Gasteiger partial charge on any atom is 0.320 e. The van der Waals surface area contributed by atoms with Crippen molar-refractivity contribution in [3.05, 3.63) is 24.7 Å². The van der Waals surface area contributed by atoms with Gasteiger partial charge in [0.1, 0.15) is 17.8 Å². The maximum atomic E-state index is 13.8. The predicted octanol–water partition coefficient (Wildman–Crippen LogP) is -0.643. The van der Waals surface area contributed by atoms with Crippen molar-refractivity contribution in [1.82, 2.24) is 4.90 Å². The van der Waals surface area contributed by atoms with Crippen molar-refractivity contribution in [3.63, 3.8) is 0 Å². The molecule has 100 valence electrons. The Labute approximate surface area is 102 Å². The molecule has 4 N–H and O–H groups in total. The van der Waals surface area contributed by atoms with Crippen LogP contribution < -0.4 is 5.73 Å². The first-order valence-electron chi connectivity index (χ1n) is 5.19. The lowest BCUT2D eigenvalue weighted by Gasteiger charge is -2.31. The van der Waals surface area contributed by atoms with Crippen LogP contribution >= 0.6 is 0 Å². The molecule has 0 saturated carbocycles. The molecule has 2 heterocycles. The van der Waals surface area contributed by atoms with Gasteiger partial charge in [0.05, 0.1) is 6.61 Å². The van der Waals surface area contributed by atoms with Gasteiger partial charge in [0.2, 0.25) is 6.23 Å². The lowest BCUT2D eigenvalue weighted by Crippen LogP contribution is -2.47. The number of alkyl halides is 2.